The van der Waals surface area contributed by atoms with Crippen molar-refractivity contribution < 1.29 is 4.74 Å². The van der Waals surface area contributed by atoms with Gasteiger partial charge in [0.05, 0.1) is 0 Å². The van der Waals surface area contributed by atoms with Gasteiger partial charge in [-0.15, -0.1) is 0 Å². The average Bonchev–Trinajstić information content (AvgIpc) is 2.47. The predicted octanol–water partition coefficient (Wildman–Crippen LogP) is 1.45. The van der Waals surface area contributed by atoms with Crippen molar-refractivity contribution in [3.8, 4) is 0 Å². The van der Waals surface area contributed by atoms with Crippen molar-refractivity contribution in [3.63, 3.8) is 0 Å². The third-order valence-corrected chi connectivity index (χ3v) is 3.02. The second-order valence-electron chi connectivity index (χ2n) is 5.25. The molecular weight excluding hydrogens is 264 g/mol. The van der Waals surface area contributed by atoms with Gasteiger partial charge in [0.25, 0.3) is 0 Å². The summed E-state index contributed by atoms with van der Waals surface area (Å²) in [5.41, 5.74) is 2.57. The number of aliphatic imine (C=N–C) groups is 1. The minimum Gasteiger partial charge on any atom is -0.385 e. The Bertz CT molecular complexity index is 415. The van der Waals surface area contributed by atoms with Crippen LogP contribution in [0.4, 0.5) is 0 Å². The highest BCUT2D eigenvalue weighted by molar-refractivity contribution is 5.79. The molecule has 118 valence electrons. The number of hydrogen-bond donors (Lipinski definition) is 2. The molecule has 0 radical (unpaired) electrons. The van der Waals surface area contributed by atoms with E-state index in [1.54, 1.807) is 14.2 Å². The van der Waals surface area contributed by atoms with Crippen molar-refractivity contribution in [1.82, 2.24) is 15.5 Å². The smallest absolute Gasteiger partial charge is 0.191 e. The van der Waals surface area contributed by atoms with E-state index in [-0.39, 0.29) is 0 Å². The fourth-order valence-electron chi connectivity index (χ4n) is 1.96. The van der Waals surface area contributed by atoms with E-state index in [2.05, 4.69) is 58.9 Å². The Morgan fingerprint density at radius 1 is 1.14 bits per heavy atom. The van der Waals surface area contributed by atoms with Gasteiger partial charge in [-0.25, -0.2) is 0 Å². The van der Waals surface area contributed by atoms with Gasteiger partial charge in [0, 0.05) is 40.4 Å². The zero-order valence-corrected chi connectivity index (χ0v) is 13.6. The largest absolute Gasteiger partial charge is 0.385 e. The molecule has 0 fully saturated rings. The summed E-state index contributed by atoms with van der Waals surface area (Å²) in [6.45, 7) is 3.36. The van der Waals surface area contributed by atoms with Crippen molar-refractivity contribution in [2.75, 3.05) is 41.4 Å². The lowest BCUT2D eigenvalue weighted by molar-refractivity contribution is 0.195. The van der Waals surface area contributed by atoms with E-state index < -0.39 is 0 Å². The Hall–Kier alpha value is -1.59. The molecule has 0 spiro atoms. The quantitative estimate of drug-likeness (QED) is 0.432. The van der Waals surface area contributed by atoms with E-state index in [4.69, 9.17) is 4.74 Å². The van der Waals surface area contributed by atoms with Crippen LogP contribution >= 0.6 is 0 Å². The highest BCUT2D eigenvalue weighted by Gasteiger charge is 1.99. The molecule has 0 saturated carbocycles. The van der Waals surface area contributed by atoms with Crippen LogP contribution in [0.25, 0.3) is 0 Å². The van der Waals surface area contributed by atoms with Gasteiger partial charge >= 0.3 is 0 Å². The van der Waals surface area contributed by atoms with Crippen LogP contribution in [0.1, 0.15) is 17.5 Å². The van der Waals surface area contributed by atoms with Crippen LogP contribution in [-0.4, -0.2) is 52.3 Å². The standard InChI is InChI=1S/C16H28N4O/c1-17-16(18-10-5-11-21-4)19-12-14-6-8-15(9-7-14)13-20(2)3/h6-9H,5,10-13H2,1-4H3,(H2,17,18,19). The zero-order chi connectivity index (χ0) is 15.5. The van der Waals surface area contributed by atoms with E-state index in [0.29, 0.717) is 0 Å². The zero-order valence-electron chi connectivity index (χ0n) is 13.6. The first-order valence-electron chi connectivity index (χ1n) is 7.31. The number of nitrogens with zero attached hydrogens (tertiary/aromatic N) is 2. The van der Waals surface area contributed by atoms with E-state index >= 15 is 0 Å². The Morgan fingerprint density at radius 2 is 1.81 bits per heavy atom. The van der Waals surface area contributed by atoms with E-state index in [1.165, 1.54) is 11.1 Å². The molecule has 2 N–H and O–H groups in total. The Balaban J connectivity index is 2.35. The van der Waals surface area contributed by atoms with Crippen molar-refractivity contribution in [2.45, 2.75) is 19.5 Å². The number of methoxy groups -OCH3 is 1. The van der Waals surface area contributed by atoms with E-state index in [1.807, 2.05) is 0 Å². The fraction of sp³-hybridized carbons (Fsp3) is 0.562. The monoisotopic (exact) mass is 292 g/mol. The van der Waals surface area contributed by atoms with E-state index in [0.717, 1.165) is 38.6 Å². The van der Waals surface area contributed by atoms with Gasteiger partial charge in [-0.05, 0) is 31.6 Å². The summed E-state index contributed by atoms with van der Waals surface area (Å²) in [6, 6.07) is 8.66. The summed E-state index contributed by atoms with van der Waals surface area (Å²) in [6.07, 6.45) is 0.969. The molecule has 1 rings (SSSR count). The van der Waals surface area contributed by atoms with Gasteiger partial charge < -0.3 is 20.3 Å². The molecule has 5 nitrogen and oxygen atoms in total. The minimum absolute atomic E-state index is 0.761. The van der Waals surface area contributed by atoms with Crippen LogP contribution in [0.15, 0.2) is 29.3 Å². The van der Waals surface area contributed by atoms with Gasteiger partial charge in [0.15, 0.2) is 5.96 Å². The van der Waals surface area contributed by atoms with E-state index in [9.17, 15) is 0 Å². The fourth-order valence-corrected chi connectivity index (χ4v) is 1.96. The summed E-state index contributed by atoms with van der Waals surface area (Å²) in [5, 5.41) is 6.57. The molecule has 1 aromatic rings. The molecule has 0 unspecified atom stereocenters. The lowest BCUT2D eigenvalue weighted by Gasteiger charge is -2.13. The molecule has 5 heteroatoms. The highest BCUT2D eigenvalue weighted by atomic mass is 16.5. The predicted molar refractivity (Wildman–Crippen MR) is 88.5 cm³/mol. The van der Waals surface area contributed by atoms with Gasteiger partial charge in [0.1, 0.15) is 0 Å². The molecule has 0 atom stereocenters. The summed E-state index contributed by atoms with van der Waals surface area (Å²) >= 11 is 0. The molecular formula is C16H28N4O. The average molecular weight is 292 g/mol. The first-order chi connectivity index (χ1) is 10.2. The van der Waals surface area contributed by atoms with Crippen LogP contribution in [0.3, 0.4) is 0 Å². The molecule has 0 bridgehead atoms. The molecule has 0 aliphatic rings. The van der Waals surface area contributed by atoms with Crippen molar-refractivity contribution in [1.29, 1.82) is 0 Å². The van der Waals surface area contributed by atoms with Gasteiger partial charge in [0.2, 0.25) is 0 Å². The Labute approximate surface area is 128 Å². The lowest BCUT2D eigenvalue weighted by Crippen LogP contribution is -2.37. The molecule has 0 aromatic heterocycles. The van der Waals surface area contributed by atoms with Crippen LogP contribution < -0.4 is 10.6 Å². The molecule has 0 aliphatic carbocycles. The summed E-state index contributed by atoms with van der Waals surface area (Å²) in [7, 11) is 7.66. The topological polar surface area (TPSA) is 48.9 Å². The van der Waals surface area contributed by atoms with Gasteiger partial charge in [-0.1, -0.05) is 24.3 Å². The second-order valence-corrected chi connectivity index (χ2v) is 5.25. The van der Waals surface area contributed by atoms with Crippen LogP contribution in [0.5, 0.6) is 0 Å². The summed E-state index contributed by atoms with van der Waals surface area (Å²) in [5.74, 6) is 0.823. The number of benzene rings is 1. The molecule has 0 saturated heterocycles. The first kappa shape index (κ1) is 17.5. The molecule has 0 amide bonds. The van der Waals surface area contributed by atoms with Gasteiger partial charge in [-0.2, -0.15) is 0 Å². The highest BCUT2D eigenvalue weighted by Crippen LogP contribution is 2.05. The van der Waals surface area contributed by atoms with Crippen LogP contribution in [0, 0.1) is 0 Å². The number of rotatable bonds is 8. The minimum atomic E-state index is 0.761. The van der Waals surface area contributed by atoms with Crippen molar-refractivity contribution in [3.05, 3.63) is 35.4 Å². The number of guanidine groups is 1. The van der Waals surface area contributed by atoms with Gasteiger partial charge in [-0.3, -0.25) is 4.99 Å². The summed E-state index contributed by atoms with van der Waals surface area (Å²) in [4.78, 5) is 6.37. The molecule has 1 aromatic carbocycles. The number of ether oxygens (including phenoxy) is 1. The van der Waals surface area contributed by atoms with Crippen LogP contribution in [0.2, 0.25) is 0 Å². The third-order valence-electron chi connectivity index (χ3n) is 3.02. The number of nitrogens with one attached hydrogen (secondary N) is 2. The molecule has 21 heavy (non-hydrogen) atoms. The SMILES string of the molecule is CN=C(NCCCOC)NCc1ccc(CN(C)C)cc1. The second kappa shape index (κ2) is 10.2. The third kappa shape index (κ3) is 7.68. The van der Waals surface area contributed by atoms with Crippen LogP contribution in [-0.2, 0) is 17.8 Å². The Kier molecular flexibility index (Phi) is 8.47. The summed E-state index contributed by atoms with van der Waals surface area (Å²) < 4.78 is 5.02. The normalized spacial score (nSPS) is 11.8. The number of hydrogen-bond acceptors (Lipinski definition) is 3. The van der Waals surface area contributed by atoms with Crippen molar-refractivity contribution >= 4 is 5.96 Å². The Morgan fingerprint density at radius 3 is 2.38 bits per heavy atom. The maximum Gasteiger partial charge on any atom is 0.191 e. The lowest BCUT2D eigenvalue weighted by atomic mass is 10.1. The molecule has 0 heterocycles. The first-order valence-corrected chi connectivity index (χ1v) is 7.31. The maximum absolute atomic E-state index is 5.02. The molecule has 0 aliphatic heterocycles. The maximum atomic E-state index is 5.02. The van der Waals surface area contributed by atoms with Crippen molar-refractivity contribution in [2.24, 2.45) is 4.99 Å².